The molecule has 0 saturated heterocycles. The van der Waals surface area contributed by atoms with Crippen molar-refractivity contribution in [2.24, 2.45) is 10.8 Å². The highest BCUT2D eigenvalue weighted by molar-refractivity contribution is 7.92. The van der Waals surface area contributed by atoms with Crippen molar-refractivity contribution in [3.05, 3.63) is 95.4 Å². The van der Waals surface area contributed by atoms with Crippen LogP contribution in [0.25, 0.3) is 17.1 Å². The van der Waals surface area contributed by atoms with Gasteiger partial charge < -0.3 is 15.0 Å². The first-order valence-electron chi connectivity index (χ1n) is 13.9. The second-order valence-corrected chi connectivity index (χ2v) is 12.8. The zero-order valence-electron chi connectivity index (χ0n) is 25.0. The van der Waals surface area contributed by atoms with Crippen LogP contribution in [0.2, 0.25) is 0 Å². The van der Waals surface area contributed by atoms with Gasteiger partial charge in [0, 0.05) is 17.3 Å². The van der Waals surface area contributed by atoms with Gasteiger partial charge in [-0.25, -0.2) is 19.2 Å². The number of methoxy groups -OCH3 is 1. The van der Waals surface area contributed by atoms with Crippen LogP contribution in [0.15, 0.2) is 78.1 Å². The number of H-pyrrole nitrogens is 1. The third-order valence-corrected chi connectivity index (χ3v) is 8.20. The van der Waals surface area contributed by atoms with Crippen LogP contribution in [0.1, 0.15) is 46.9 Å². The second-order valence-electron chi connectivity index (χ2n) is 11.1. The number of aromatic amines is 1. The molecule has 1 aliphatic rings. The van der Waals surface area contributed by atoms with E-state index < -0.39 is 15.9 Å². The van der Waals surface area contributed by atoms with E-state index in [1.165, 1.54) is 12.1 Å². The fourth-order valence-corrected chi connectivity index (χ4v) is 5.41. The van der Waals surface area contributed by atoms with Crippen molar-refractivity contribution in [1.82, 2.24) is 9.97 Å². The van der Waals surface area contributed by atoms with E-state index >= 15 is 0 Å². The van der Waals surface area contributed by atoms with Crippen molar-refractivity contribution in [3.63, 3.8) is 0 Å². The summed E-state index contributed by atoms with van der Waals surface area (Å²) < 4.78 is 32.3. The number of imidazole rings is 1. The molecule has 0 aliphatic heterocycles. The van der Waals surface area contributed by atoms with Crippen LogP contribution in [0, 0.1) is 6.92 Å². The van der Waals surface area contributed by atoms with E-state index in [2.05, 4.69) is 38.6 Å². The molecule has 11 nitrogen and oxygen atoms in total. The lowest BCUT2D eigenvalue weighted by atomic mass is 9.96. The smallest absolute Gasteiger partial charge is 0.255 e. The topological polar surface area (TPSA) is 155 Å². The molecule has 0 unspecified atom stereocenters. The predicted molar refractivity (Wildman–Crippen MR) is 175 cm³/mol. The Morgan fingerprint density at radius 1 is 1.16 bits per heavy atom. The van der Waals surface area contributed by atoms with E-state index in [-0.39, 0.29) is 16.9 Å². The number of aromatic nitrogens is 2. The van der Waals surface area contributed by atoms with Crippen LogP contribution in [0.5, 0.6) is 5.75 Å². The number of aryl methyl sites for hydroxylation is 1. The number of nitrogens with zero attached hydrogens (tertiary/aromatic N) is 3. The number of carbonyl (C=O) groups is 1. The number of anilines is 3. The molecule has 0 bridgehead atoms. The molecule has 5 rings (SSSR count). The van der Waals surface area contributed by atoms with Gasteiger partial charge in [0.15, 0.2) is 5.75 Å². The number of hydrazine groups is 1. The summed E-state index contributed by atoms with van der Waals surface area (Å²) in [5, 5.41) is 4.29. The van der Waals surface area contributed by atoms with E-state index in [9.17, 15) is 13.2 Å². The number of rotatable bonds is 11. The van der Waals surface area contributed by atoms with Crippen LogP contribution >= 0.6 is 0 Å². The molecule has 5 N–H and O–H groups in total. The molecule has 4 aromatic rings. The molecule has 44 heavy (non-hydrogen) atoms. The Balaban J connectivity index is 1.43. The minimum absolute atomic E-state index is 0.101. The highest BCUT2D eigenvalue weighted by Crippen LogP contribution is 2.50. The van der Waals surface area contributed by atoms with Crippen molar-refractivity contribution in [2.45, 2.75) is 32.1 Å². The maximum atomic E-state index is 13.6. The van der Waals surface area contributed by atoms with Gasteiger partial charge in [-0.05, 0) is 67.3 Å². The monoisotopic (exact) mass is 613 g/mol. The molecule has 0 spiro atoms. The highest BCUT2D eigenvalue weighted by atomic mass is 32.2. The summed E-state index contributed by atoms with van der Waals surface area (Å²) >= 11 is 0. The molecule has 0 radical (unpaired) electrons. The van der Waals surface area contributed by atoms with Gasteiger partial charge in [0.1, 0.15) is 11.5 Å². The van der Waals surface area contributed by atoms with Gasteiger partial charge in [-0.15, -0.1) is 0 Å². The number of benzene rings is 3. The highest BCUT2D eigenvalue weighted by Gasteiger charge is 2.40. The first kappa shape index (κ1) is 30.5. The van der Waals surface area contributed by atoms with Crippen molar-refractivity contribution in [2.75, 3.05) is 28.4 Å². The van der Waals surface area contributed by atoms with E-state index in [4.69, 9.17) is 10.6 Å². The molecule has 1 aromatic heterocycles. The van der Waals surface area contributed by atoms with E-state index in [1.807, 2.05) is 43.3 Å². The Labute approximate surface area is 256 Å². The standard InChI is InChI=1S/C32H35N7O4S/c1-20-11-12-22(15-28(20)39(33)19-27(34-3)26-18-35-30(36-26)21-9-7-6-8-10-21)31(40)37-24-16-23(32(2)13-14-32)17-25(29(24)43-4)38-44(5,41)42/h6-12,15-19,38H,3,13-14,33H2,1-2,4-5H3,(H,35,36)(H,37,40)/b27-19-. The fraction of sp³-hybridized carbons (Fsp3) is 0.219. The normalized spacial score (nSPS) is 14.1. The molecular weight excluding hydrogens is 578 g/mol. The second kappa shape index (κ2) is 12.0. The summed E-state index contributed by atoms with van der Waals surface area (Å²) in [6.45, 7) is 7.66. The average molecular weight is 614 g/mol. The molecule has 0 atom stereocenters. The largest absolute Gasteiger partial charge is 0.492 e. The Morgan fingerprint density at radius 3 is 2.50 bits per heavy atom. The lowest BCUT2D eigenvalue weighted by Gasteiger charge is -2.20. The molecule has 1 aliphatic carbocycles. The van der Waals surface area contributed by atoms with Gasteiger partial charge >= 0.3 is 0 Å². The molecule has 1 heterocycles. The lowest BCUT2D eigenvalue weighted by Crippen LogP contribution is -2.26. The molecule has 1 fully saturated rings. The SMILES string of the molecule is C=N/C(=C\N(N)c1cc(C(=O)Nc2cc(C3(C)CC3)cc(NS(C)(=O)=O)c2OC)ccc1C)c1cnc(-c2ccccc2)[nH]1. The number of ether oxygens (including phenoxy) is 1. The first-order valence-corrected chi connectivity index (χ1v) is 15.8. The summed E-state index contributed by atoms with van der Waals surface area (Å²) in [6.07, 6.45) is 6.24. The lowest BCUT2D eigenvalue weighted by molar-refractivity contribution is 0.102. The molecule has 228 valence electrons. The van der Waals surface area contributed by atoms with E-state index in [0.29, 0.717) is 34.2 Å². The minimum atomic E-state index is -3.60. The average Bonchev–Trinajstić information content (AvgIpc) is 3.55. The van der Waals surface area contributed by atoms with Crippen LogP contribution < -0.4 is 25.6 Å². The zero-order valence-corrected chi connectivity index (χ0v) is 25.8. The summed E-state index contributed by atoms with van der Waals surface area (Å²) in [7, 11) is -2.18. The van der Waals surface area contributed by atoms with Crippen LogP contribution in [0.3, 0.4) is 0 Å². The molecule has 3 aromatic carbocycles. The van der Waals surface area contributed by atoms with Crippen molar-refractivity contribution in [3.8, 4) is 17.1 Å². The molecular formula is C32H35N7O4S. The van der Waals surface area contributed by atoms with E-state index in [0.717, 1.165) is 35.8 Å². The number of carbonyl (C=O) groups excluding carboxylic acids is 1. The number of hydrogen-bond acceptors (Lipinski definition) is 8. The number of amides is 1. The number of nitrogens with one attached hydrogen (secondary N) is 3. The number of sulfonamides is 1. The minimum Gasteiger partial charge on any atom is -0.492 e. The molecule has 1 amide bonds. The van der Waals surface area contributed by atoms with Crippen molar-refractivity contribution >= 4 is 45.4 Å². The zero-order chi connectivity index (χ0) is 31.6. The van der Waals surface area contributed by atoms with Gasteiger partial charge in [0.25, 0.3) is 5.91 Å². The van der Waals surface area contributed by atoms with Crippen molar-refractivity contribution < 1.29 is 17.9 Å². The van der Waals surface area contributed by atoms with Crippen LogP contribution in [0.4, 0.5) is 17.1 Å². The van der Waals surface area contributed by atoms with E-state index in [1.54, 1.807) is 36.7 Å². The summed E-state index contributed by atoms with van der Waals surface area (Å²) in [4.78, 5) is 25.4. The van der Waals surface area contributed by atoms with Gasteiger partial charge in [-0.1, -0.05) is 43.3 Å². The third kappa shape index (κ3) is 6.66. The first-order chi connectivity index (χ1) is 20.9. The quantitative estimate of drug-likeness (QED) is 0.0996. The van der Waals surface area contributed by atoms with Gasteiger partial charge in [-0.2, -0.15) is 0 Å². The third-order valence-electron chi connectivity index (χ3n) is 7.61. The Bertz CT molecular complexity index is 1860. The van der Waals surface area contributed by atoms with Crippen LogP contribution in [-0.2, 0) is 15.4 Å². The van der Waals surface area contributed by atoms with Crippen molar-refractivity contribution in [1.29, 1.82) is 0 Å². The number of nitrogens with two attached hydrogens (primary N) is 1. The predicted octanol–water partition coefficient (Wildman–Crippen LogP) is 5.45. The van der Waals surface area contributed by atoms with Gasteiger partial charge in [0.2, 0.25) is 10.0 Å². The Morgan fingerprint density at radius 2 is 1.86 bits per heavy atom. The summed E-state index contributed by atoms with van der Waals surface area (Å²) in [5.74, 6) is 6.93. The fourth-order valence-electron chi connectivity index (χ4n) is 4.86. The number of aliphatic imine (C=N–C) groups is 1. The maximum Gasteiger partial charge on any atom is 0.255 e. The summed E-state index contributed by atoms with van der Waals surface area (Å²) in [6, 6.07) is 18.4. The molecule has 1 saturated carbocycles. The molecule has 12 heteroatoms. The number of hydrogen-bond donors (Lipinski definition) is 4. The summed E-state index contributed by atoms with van der Waals surface area (Å²) in [5.41, 5.74) is 5.13. The maximum absolute atomic E-state index is 13.6. The Hall–Kier alpha value is -4.94. The van der Waals surface area contributed by atoms with Gasteiger partial charge in [0.05, 0.1) is 42.3 Å². The van der Waals surface area contributed by atoms with Gasteiger partial charge in [-0.3, -0.25) is 19.5 Å². The Kier molecular flexibility index (Phi) is 8.31. The van der Waals surface area contributed by atoms with Crippen LogP contribution in [-0.4, -0.2) is 44.4 Å².